The molecular formula is C32H32N2O5. The van der Waals surface area contributed by atoms with Crippen LogP contribution in [0.4, 0.5) is 0 Å². The van der Waals surface area contributed by atoms with Gasteiger partial charge in [-0.3, -0.25) is 14.4 Å². The van der Waals surface area contributed by atoms with E-state index in [9.17, 15) is 14.4 Å². The van der Waals surface area contributed by atoms with Crippen LogP contribution in [0.3, 0.4) is 0 Å². The van der Waals surface area contributed by atoms with Gasteiger partial charge in [-0.1, -0.05) is 60.2 Å². The van der Waals surface area contributed by atoms with Crippen molar-refractivity contribution in [1.29, 1.82) is 0 Å². The minimum atomic E-state index is -0.259. The quantitative estimate of drug-likeness (QED) is 0.310. The maximum atomic E-state index is 13.9. The molecule has 1 aliphatic rings. The van der Waals surface area contributed by atoms with Gasteiger partial charge >= 0.3 is 0 Å². The maximum Gasteiger partial charge on any atom is 0.254 e. The zero-order chi connectivity index (χ0) is 27.2. The predicted octanol–water partition coefficient (Wildman–Crippen LogP) is 4.95. The van der Waals surface area contributed by atoms with E-state index in [4.69, 9.17) is 9.15 Å². The third-order valence-corrected chi connectivity index (χ3v) is 7.01. The van der Waals surface area contributed by atoms with Crippen LogP contribution in [-0.4, -0.2) is 47.4 Å². The third-order valence-electron chi connectivity index (χ3n) is 7.01. The number of ether oxygens (including phenoxy) is 1. The molecule has 3 aromatic carbocycles. The van der Waals surface area contributed by atoms with Crippen molar-refractivity contribution in [1.82, 2.24) is 9.80 Å². The summed E-state index contributed by atoms with van der Waals surface area (Å²) < 4.78 is 11.6. The van der Waals surface area contributed by atoms with E-state index >= 15 is 0 Å². The van der Waals surface area contributed by atoms with Crippen LogP contribution in [0.25, 0.3) is 11.0 Å². The standard InChI is InChI=1S/C32H32N2O5/c1-23-14-15-29-28(17-23)31(36)26(22-39-29)19-33(18-24-9-4-2-5-10-24)30(35)21-34(20-27-13-8-16-38-27)32(37)25-11-6-3-7-12-25/h2-7,9-12,14-15,17,22,27H,8,13,16,18-21H2,1H3. The van der Waals surface area contributed by atoms with Crippen molar-refractivity contribution in [3.8, 4) is 0 Å². The number of aryl methyl sites for hydroxylation is 1. The SMILES string of the molecule is Cc1ccc2occ(CN(Cc3ccccc3)C(=O)CN(CC3CCCO3)C(=O)c3ccccc3)c(=O)c2c1. The Morgan fingerprint density at radius 2 is 1.67 bits per heavy atom. The van der Waals surface area contributed by atoms with E-state index in [0.29, 0.717) is 35.2 Å². The number of carbonyl (C=O) groups excluding carboxylic acids is 2. The van der Waals surface area contributed by atoms with Gasteiger partial charge in [-0.25, -0.2) is 0 Å². The summed E-state index contributed by atoms with van der Waals surface area (Å²) in [4.78, 5) is 43.9. The molecule has 0 saturated carbocycles. The molecule has 1 unspecified atom stereocenters. The minimum Gasteiger partial charge on any atom is -0.464 e. The molecule has 0 radical (unpaired) electrons. The molecule has 2 amide bonds. The van der Waals surface area contributed by atoms with Crippen LogP contribution in [0.2, 0.25) is 0 Å². The Morgan fingerprint density at radius 3 is 2.38 bits per heavy atom. The summed E-state index contributed by atoms with van der Waals surface area (Å²) >= 11 is 0. The van der Waals surface area contributed by atoms with Gasteiger partial charge in [0.1, 0.15) is 12.1 Å². The molecule has 0 N–H and O–H groups in total. The molecule has 5 rings (SSSR count). The van der Waals surface area contributed by atoms with Gasteiger partial charge in [-0.05, 0) is 49.6 Å². The normalized spacial score (nSPS) is 14.8. The first kappa shape index (κ1) is 26.4. The first-order valence-electron chi connectivity index (χ1n) is 13.3. The topological polar surface area (TPSA) is 80.1 Å². The zero-order valence-corrected chi connectivity index (χ0v) is 22.0. The van der Waals surface area contributed by atoms with E-state index in [1.165, 1.54) is 6.26 Å². The molecule has 7 nitrogen and oxygen atoms in total. The van der Waals surface area contributed by atoms with Gasteiger partial charge in [-0.2, -0.15) is 0 Å². The molecule has 1 saturated heterocycles. The number of carbonyl (C=O) groups is 2. The van der Waals surface area contributed by atoms with Gasteiger partial charge in [0.2, 0.25) is 5.91 Å². The Bertz CT molecular complexity index is 1490. The minimum absolute atomic E-state index is 0.0627. The summed E-state index contributed by atoms with van der Waals surface area (Å²) in [6.45, 7) is 3.13. The molecule has 2 heterocycles. The first-order chi connectivity index (χ1) is 19.0. The lowest BCUT2D eigenvalue weighted by Gasteiger charge is -2.29. The van der Waals surface area contributed by atoms with Gasteiger partial charge in [0, 0.05) is 25.3 Å². The van der Waals surface area contributed by atoms with Crippen molar-refractivity contribution in [3.63, 3.8) is 0 Å². The molecule has 200 valence electrons. The van der Waals surface area contributed by atoms with Gasteiger partial charge in [0.05, 0.1) is 29.9 Å². The number of nitrogens with zero attached hydrogens (tertiary/aromatic N) is 2. The highest BCUT2D eigenvalue weighted by Crippen LogP contribution is 2.18. The van der Waals surface area contributed by atoms with Crippen LogP contribution >= 0.6 is 0 Å². The number of fused-ring (bicyclic) bond motifs is 1. The van der Waals surface area contributed by atoms with Crippen LogP contribution in [0.5, 0.6) is 0 Å². The van der Waals surface area contributed by atoms with Gasteiger partial charge < -0.3 is 19.0 Å². The van der Waals surface area contributed by atoms with E-state index in [1.807, 2.05) is 61.5 Å². The number of hydrogen-bond donors (Lipinski definition) is 0. The fourth-order valence-corrected chi connectivity index (χ4v) is 4.92. The van der Waals surface area contributed by atoms with Crippen molar-refractivity contribution < 1.29 is 18.7 Å². The molecule has 1 aromatic heterocycles. The molecule has 4 aromatic rings. The largest absolute Gasteiger partial charge is 0.464 e. The Labute approximate surface area is 227 Å². The summed E-state index contributed by atoms with van der Waals surface area (Å²) in [5, 5.41) is 0.485. The lowest BCUT2D eigenvalue weighted by atomic mass is 10.1. The zero-order valence-electron chi connectivity index (χ0n) is 22.0. The van der Waals surface area contributed by atoms with E-state index in [0.717, 1.165) is 24.0 Å². The number of hydrogen-bond acceptors (Lipinski definition) is 5. The van der Waals surface area contributed by atoms with E-state index in [1.54, 1.807) is 34.1 Å². The lowest BCUT2D eigenvalue weighted by molar-refractivity contribution is -0.133. The van der Waals surface area contributed by atoms with Crippen LogP contribution in [0.15, 0.2) is 94.3 Å². The first-order valence-corrected chi connectivity index (χ1v) is 13.3. The Balaban J connectivity index is 1.43. The molecule has 1 aliphatic heterocycles. The lowest BCUT2D eigenvalue weighted by Crippen LogP contribution is -2.45. The molecular weight excluding hydrogens is 492 g/mol. The van der Waals surface area contributed by atoms with Crippen molar-refractivity contribution >= 4 is 22.8 Å². The molecule has 0 spiro atoms. The molecule has 7 heteroatoms. The maximum absolute atomic E-state index is 13.9. The molecule has 1 fully saturated rings. The summed E-state index contributed by atoms with van der Waals surface area (Å²) in [5.41, 5.74) is 3.12. The second-order valence-corrected chi connectivity index (χ2v) is 10.0. The third kappa shape index (κ3) is 6.44. The summed E-state index contributed by atoms with van der Waals surface area (Å²) in [6.07, 6.45) is 3.11. The van der Waals surface area contributed by atoms with Crippen molar-refractivity contribution in [2.24, 2.45) is 0 Å². The predicted molar refractivity (Wildman–Crippen MR) is 149 cm³/mol. The second kappa shape index (κ2) is 12.1. The van der Waals surface area contributed by atoms with Gasteiger partial charge in [0.25, 0.3) is 5.91 Å². The fourth-order valence-electron chi connectivity index (χ4n) is 4.92. The van der Waals surface area contributed by atoms with Crippen LogP contribution in [-0.2, 0) is 22.6 Å². The molecule has 0 aliphatic carbocycles. The van der Waals surface area contributed by atoms with E-state index in [-0.39, 0.29) is 43.0 Å². The Kier molecular flexibility index (Phi) is 8.18. The monoisotopic (exact) mass is 524 g/mol. The van der Waals surface area contributed by atoms with Crippen LogP contribution in [0.1, 0.15) is 39.9 Å². The van der Waals surface area contributed by atoms with Crippen molar-refractivity contribution in [3.05, 3.63) is 118 Å². The average Bonchev–Trinajstić information content (AvgIpc) is 3.48. The number of amides is 2. The summed E-state index contributed by atoms with van der Waals surface area (Å²) in [5.74, 6) is -0.482. The van der Waals surface area contributed by atoms with E-state index in [2.05, 4.69) is 0 Å². The molecule has 1 atom stereocenters. The molecule has 0 bridgehead atoms. The smallest absolute Gasteiger partial charge is 0.254 e. The summed E-state index contributed by atoms with van der Waals surface area (Å²) in [7, 11) is 0. The van der Waals surface area contributed by atoms with Gasteiger partial charge in [0.15, 0.2) is 5.43 Å². The van der Waals surface area contributed by atoms with Crippen LogP contribution in [0, 0.1) is 6.92 Å². The van der Waals surface area contributed by atoms with Crippen molar-refractivity contribution in [2.75, 3.05) is 19.7 Å². The van der Waals surface area contributed by atoms with Gasteiger partial charge in [-0.15, -0.1) is 0 Å². The van der Waals surface area contributed by atoms with Crippen molar-refractivity contribution in [2.45, 2.75) is 39.0 Å². The number of benzene rings is 3. The molecule has 39 heavy (non-hydrogen) atoms. The highest BCUT2D eigenvalue weighted by molar-refractivity contribution is 5.96. The highest BCUT2D eigenvalue weighted by atomic mass is 16.5. The average molecular weight is 525 g/mol. The van der Waals surface area contributed by atoms with Crippen LogP contribution < -0.4 is 5.43 Å². The highest BCUT2D eigenvalue weighted by Gasteiger charge is 2.27. The Hall–Kier alpha value is -4.23. The fraction of sp³-hybridized carbons (Fsp3) is 0.281. The Morgan fingerprint density at radius 1 is 0.923 bits per heavy atom. The second-order valence-electron chi connectivity index (χ2n) is 10.0. The number of rotatable bonds is 9. The summed E-state index contributed by atoms with van der Waals surface area (Å²) in [6, 6.07) is 24.0. The van der Waals surface area contributed by atoms with E-state index < -0.39 is 0 Å².